The molecule has 5 fully saturated rings. The van der Waals surface area contributed by atoms with Crippen LogP contribution in [0.4, 0.5) is 0 Å². The lowest BCUT2D eigenvalue weighted by atomic mass is 9.43. The molecule has 168 valence electrons. The van der Waals surface area contributed by atoms with E-state index >= 15 is 0 Å². The van der Waals surface area contributed by atoms with Crippen LogP contribution in [0.15, 0.2) is 0 Å². The summed E-state index contributed by atoms with van der Waals surface area (Å²) in [6.07, 6.45) is 12.9. The number of ketones is 2. The van der Waals surface area contributed by atoms with Gasteiger partial charge in [0, 0.05) is 24.2 Å². The molecule has 0 bridgehead atoms. The molecule has 9 atom stereocenters. The molecule has 0 heterocycles. The summed E-state index contributed by atoms with van der Waals surface area (Å²) in [7, 11) is 0. The minimum absolute atomic E-state index is 0.0929. The maximum absolute atomic E-state index is 13.6. The van der Waals surface area contributed by atoms with E-state index in [1.807, 2.05) is 0 Å². The lowest BCUT2D eigenvalue weighted by Gasteiger charge is -2.60. The van der Waals surface area contributed by atoms with E-state index in [4.69, 9.17) is 0 Å². The molecule has 0 aromatic heterocycles. The summed E-state index contributed by atoms with van der Waals surface area (Å²) < 4.78 is 0. The minimum Gasteiger partial charge on any atom is -0.299 e. The molecule has 0 saturated heterocycles. The molecule has 5 rings (SSSR count). The smallest absolute Gasteiger partial charge is 0.140 e. The lowest BCUT2D eigenvalue weighted by Crippen LogP contribution is -2.58. The predicted molar refractivity (Wildman–Crippen MR) is 121 cm³/mol. The first-order valence-corrected chi connectivity index (χ1v) is 13.2. The van der Waals surface area contributed by atoms with E-state index in [1.165, 1.54) is 44.9 Å². The molecule has 30 heavy (non-hydrogen) atoms. The number of hydrogen-bond donors (Lipinski definition) is 0. The number of rotatable bonds is 5. The van der Waals surface area contributed by atoms with Crippen molar-refractivity contribution in [2.75, 3.05) is 0 Å². The topological polar surface area (TPSA) is 34.1 Å². The summed E-state index contributed by atoms with van der Waals surface area (Å²) in [6.45, 7) is 12.2. The zero-order chi connectivity index (χ0) is 21.5. The van der Waals surface area contributed by atoms with Crippen LogP contribution in [0.3, 0.4) is 0 Å². The average Bonchev–Trinajstić information content (AvgIpc) is 3.36. The second-order valence-corrected chi connectivity index (χ2v) is 13.1. The van der Waals surface area contributed by atoms with Crippen LogP contribution in [0.2, 0.25) is 0 Å². The minimum atomic E-state index is -0.237. The predicted octanol–water partition coefficient (Wildman–Crippen LogP) is 6.86. The van der Waals surface area contributed by atoms with Crippen molar-refractivity contribution in [3.63, 3.8) is 0 Å². The maximum atomic E-state index is 13.6. The summed E-state index contributed by atoms with van der Waals surface area (Å²) in [6, 6.07) is 0. The van der Waals surface area contributed by atoms with Crippen molar-refractivity contribution in [1.82, 2.24) is 0 Å². The Morgan fingerprint density at radius 1 is 0.967 bits per heavy atom. The van der Waals surface area contributed by atoms with Crippen LogP contribution >= 0.6 is 0 Å². The van der Waals surface area contributed by atoms with Crippen molar-refractivity contribution in [1.29, 1.82) is 0 Å². The molecule has 5 aliphatic rings. The number of carbonyl (C=O) groups is 2. The molecule has 0 aromatic carbocycles. The highest BCUT2D eigenvalue weighted by molar-refractivity contribution is 6.00. The van der Waals surface area contributed by atoms with Gasteiger partial charge < -0.3 is 0 Å². The van der Waals surface area contributed by atoms with Gasteiger partial charge in [-0.1, -0.05) is 53.9 Å². The number of hydrogen-bond acceptors (Lipinski definition) is 2. The number of carbonyl (C=O) groups excluding carboxylic acids is 2. The Balaban J connectivity index is 1.36. The lowest BCUT2D eigenvalue weighted by molar-refractivity contribution is -0.163. The van der Waals surface area contributed by atoms with Gasteiger partial charge in [0.2, 0.25) is 0 Å². The molecule has 1 spiro atoms. The molecule has 0 unspecified atom stereocenters. The summed E-state index contributed by atoms with van der Waals surface area (Å²) in [4.78, 5) is 26.0. The fourth-order valence-corrected chi connectivity index (χ4v) is 9.99. The Morgan fingerprint density at radius 2 is 1.73 bits per heavy atom. The largest absolute Gasteiger partial charge is 0.299 e. The van der Waals surface area contributed by atoms with Gasteiger partial charge in [-0.2, -0.15) is 0 Å². The normalized spacial score (nSPS) is 50.5. The van der Waals surface area contributed by atoms with Crippen LogP contribution in [0.25, 0.3) is 0 Å². The Bertz CT molecular complexity index is 739. The third-order valence-corrected chi connectivity index (χ3v) is 11.6. The second kappa shape index (κ2) is 6.92. The Labute approximate surface area is 184 Å². The fraction of sp³-hybridized carbons (Fsp3) is 0.929. The van der Waals surface area contributed by atoms with Gasteiger partial charge in [-0.05, 0) is 84.9 Å². The maximum Gasteiger partial charge on any atom is 0.140 e. The van der Waals surface area contributed by atoms with E-state index in [1.54, 1.807) is 0 Å². The molecular weight excluding hydrogens is 368 g/mol. The zero-order valence-corrected chi connectivity index (χ0v) is 20.1. The van der Waals surface area contributed by atoms with Crippen molar-refractivity contribution in [3.05, 3.63) is 0 Å². The number of Topliss-reactive ketones (excluding diaryl/α,β-unsaturated/α-hetero) is 2. The van der Waals surface area contributed by atoms with Crippen molar-refractivity contribution in [3.8, 4) is 0 Å². The van der Waals surface area contributed by atoms with Crippen LogP contribution in [0.5, 0.6) is 0 Å². The Morgan fingerprint density at radius 3 is 2.47 bits per heavy atom. The molecule has 2 nitrogen and oxygen atoms in total. The van der Waals surface area contributed by atoms with Crippen LogP contribution in [0.1, 0.15) is 105 Å². The van der Waals surface area contributed by atoms with Gasteiger partial charge in [0.05, 0.1) is 0 Å². The quantitative estimate of drug-likeness (QED) is 0.494. The van der Waals surface area contributed by atoms with E-state index in [2.05, 4.69) is 34.6 Å². The number of fused-ring (bicyclic) bond motifs is 4. The van der Waals surface area contributed by atoms with E-state index in [9.17, 15) is 9.59 Å². The standard InChI is InChI=1S/C28H44O2/c1-17(2)7-6-8-18(3)20-9-10-21-19-15-25(30)28-16-23(28)24(29)12-14-27(28,5)22(19)11-13-26(20,21)4/h17-23H,6-16H2,1-5H3/t18-,19+,20-,21+,22+,23-,26-,27-,28-/m1/s1. The first kappa shape index (κ1) is 21.2. The third-order valence-electron chi connectivity index (χ3n) is 11.6. The molecular formula is C28H44O2. The van der Waals surface area contributed by atoms with Crippen molar-refractivity contribution in [2.24, 2.45) is 57.7 Å². The van der Waals surface area contributed by atoms with Crippen LogP contribution in [-0.4, -0.2) is 11.6 Å². The fourth-order valence-electron chi connectivity index (χ4n) is 9.99. The van der Waals surface area contributed by atoms with E-state index in [-0.39, 0.29) is 16.7 Å². The van der Waals surface area contributed by atoms with Gasteiger partial charge in [0.1, 0.15) is 11.6 Å². The zero-order valence-electron chi connectivity index (χ0n) is 20.1. The molecule has 0 amide bonds. The first-order valence-electron chi connectivity index (χ1n) is 13.2. The van der Waals surface area contributed by atoms with Gasteiger partial charge in [0.15, 0.2) is 0 Å². The van der Waals surface area contributed by atoms with Crippen molar-refractivity contribution >= 4 is 11.6 Å². The van der Waals surface area contributed by atoms with E-state index in [0.29, 0.717) is 28.8 Å². The van der Waals surface area contributed by atoms with Crippen LogP contribution in [0, 0.1) is 57.7 Å². The molecule has 0 N–H and O–H groups in total. The monoisotopic (exact) mass is 412 g/mol. The van der Waals surface area contributed by atoms with Crippen LogP contribution < -0.4 is 0 Å². The summed E-state index contributed by atoms with van der Waals surface area (Å²) in [5.41, 5.74) is 0.306. The molecule has 0 aromatic rings. The van der Waals surface area contributed by atoms with Crippen molar-refractivity contribution in [2.45, 2.75) is 105 Å². The first-order chi connectivity index (χ1) is 14.1. The SMILES string of the molecule is CC(C)CCC[C@@H](C)[C@H]1CC[C@H]2[C@@H]3CC(=O)[C@@]45C[C@@H]4C(=O)CC[C@]5(C)[C@H]3CC[C@]12C. The average molecular weight is 413 g/mol. The van der Waals surface area contributed by atoms with Gasteiger partial charge in [-0.15, -0.1) is 0 Å². The van der Waals surface area contributed by atoms with Gasteiger partial charge in [-0.25, -0.2) is 0 Å². The molecule has 5 saturated carbocycles. The highest BCUT2D eigenvalue weighted by atomic mass is 16.1. The molecule has 0 radical (unpaired) electrons. The second-order valence-electron chi connectivity index (χ2n) is 13.1. The molecule has 0 aliphatic heterocycles. The third kappa shape index (κ3) is 2.67. The summed E-state index contributed by atoms with van der Waals surface area (Å²) in [5.74, 6) is 5.47. The van der Waals surface area contributed by atoms with E-state index in [0.717, 1.165) is 49.4 Å². The Kier molecular flexibility index (Phi) is 4.89. The van der Waals surface area contributed by atoms with Gasteiger partial charge >= 0.3 is 0 Å². The highest BCUT2D eigenvalue weighted by Gasteiger charge is 2.77. The Hall–Kier alpha value is -0.660. The van der Waals surface area contributed by atoms with Crippen LogP contribution in [-0.2, 0) is 9.59 Å². The van der Waals surface area contributed by atoms with E-state index < -0.39 is 0 Å². The van der Waals surface area contributed by atoms with Gasteiger partial charge in [0.25, 0.3) is 0 Å². The van der Waals surface area contributed by atoms with Crippen molar-refractivity contribution < 1.29 is 9.59 Å². The highest BCUT2D eigenvalue weighted by Crippen LogP contribution is 2.78. The molecule has 2 heteroatoms. The molecule has 5 aliphatic carbocycles. The summed E-state index contributed by atoms with van der Waals surface area (Å²) in [5, 5.41) is 0. The van der Waals surface area contributed by atoms with Gasteiger partial charge in [-0.3, -0.25) is 9.59 Å². The summed E-state index contributed by atoms with van der Waals surface area (Å²) >= 11 is 0.